The summed E-state index contributed by atoms with van der Waals surface area (Å²) in [6, 6.07) is 14.6. The average molecular weight is 397 g/mol. The molecule has 0 unspecified atom stereocenters. The van der Waals surface area contributed by atoms with Crippen molar-refractivity contribution in [2.45, 2.75) is 13.1 Å². The maximum absolute atomic E-state index is 12.4. The third-order valence-electron chi connectivity index (χ3n) is 4.17. The number of benzene rings is 2. The smallest absolute Gasteiger partial charge is 0.270 e. The van der Waals surface area contributed by atoms with E-state index in [9.17, 15) is 4.79 Å². The van der Waals surface area contributed by atoms with Gasteiger partial charge in [0.05, 0.1) is 0 Å². The Hall–Kier alpha value is -3.32. The number of rotatable bonds is 6. The molecule has 4 rings (SSSR count). The van der Waals surface area contributed by atoms with E-state index >= 15 is 0 Å². The van der Waals surface area contributed by atoms with E-state index < -0.39 is 0 Å². The Morgan fingerprint density at radius 2 is 1.93 bits per heavy atom. The number of amides is 1. The fraction of sp³-hybridized carbons (Fsp3) is 0.150. The number of carbonyl (C=O) groups is 1. The number of halogens is 1. The molecule has 28 heavy (non-hydrogen) atoms. The van der Waals surface area contributed by atoms with Crippen molar-refractivity contribution in [1.29, 1.82) is 0 Å². The topological polar surface area (TPSA) is 85.4 Å². The number of carbonyl (C=O) groups excluding carboxylic acids is 1. The normalized spacial score (nSPS) is 11.9. The maximum atomic E-state index is 12.4. The van der Waals surface area contributed by atoms with E-state index in [0.717, 1.165) is 16.9 Å². The van der Waals surface area contributed by atoms with Gasteiger partial charge < -0.3 is 20.1 Å². The third kappa shape index (κ3) is 4.15. The summed E-state index contributed by atoms with van der Waals surface area (Å²) in [5.41, 5.74) is 2.10. The first-order chi connectivity index (χ1) is 13.7. The van der Waals surface area contributed by atoms with Crippen molar-refractivity contribution in [3.8, 4) is 11.5 Å². The number of anilines is 1. The highest BCUT2D eigenvalue weighted by Crippen LogP contribution is 2.32. The first-order valence-electron chi connectivity index (χ1n) is 8.66. The minimum atomic E-state index is -0.298. The molecule has 7 nitrogen and oxygen atoms in total. The van der Waals surface area contributed by atoms with Crippen LogP contribution in [0, 0.1) is 0 Å². The van der Waals surface area contributed by atoms with Crippen LogP contribution in [0.5, 0.6) is 11.5 Å². The van der Waals surface area contributed by atoms with Crippen molar-refractivity contribution < 1.29 is 14.3 Å². The summed E-state index contributed by atoms with van der Waals surface area (Å²) in [6.45, 7) is 1.05. The predicted octanol–water partition coefficient (Wildman–Crippen LogP) is 3.40. The van der Waals surface area contributed by atoms with E-state index in [2.05, 4.69) is 20.6 Å². The Kier molecular flexibility index (Phi) is 5.25. The zero-order valence-electron chi connectivity index (χ0n) is 14.8. The minimum Gasteiger partial charge on any atom is -0.454 e. The van der Waals surface area contributed by atoms with Crippen LogP contribution in [0.25, 0.3) is 0 Å². The first kappa shape index (κ1) is 18.1. The number of hydrogen-bond donors (Lipinski definition) is 2. The molecule has 1 aromatic heterocycles. The van der Waals surface area contributed by atoms with Gasteiger partial charge in [-0.05, 0) is 35.4 Å². The van der Waals surface area contributed by atoms with Crippen molar-refractivity contribution in [3.05, 3.63) is 76.6 Å². The molecule has 0 radical (unpaired) electrons. The summed E-state index contributed by atoms with van der Waals surface area (Å²) in [5, 5.41) is 6.53. The molecule has 0 saturated heterocycles. The SMILES string of the molecule is O=C(NCc1ccccc1Cl)c1ccnc(NCc2ccc3c(c2)OCO3)n1. The molecular formula is C20H17ClN4O3. The van der Waals surface area contributed by atoms with Gasteiger partial charge in [-0.25, -0.2) is 9.97 Å². The number of ether oxygens (including phenoxy) is 2. The van der Waals surface area contributed by atoms with Gasteiger partial charge in [0.1, 0.15) is 5.69 Å². The molecule has 142 valence electrons. The number of hydrogen-bond acceptors (Lipinski definition) is 6. The fourth-order valence-electron chi connectivity index (χ4n) is 2.71. The quantitative estimate of drug-likeness (QED) is 0.664. The van der Waals surface area contributed by atoms with E-state index in [1.165, 1.54) is 0 Å². The molecule has 1 aliphatic rings. The largest absolute Gasteiger partial charge is 0.454 e. The van der Waals surface area contributed by atoms with E-state index in [1.54, 1.807) is 18.3 Å². The van der Waals surface area contributed by atoms with E-state index in [-0.39, 0.29) is 18.4 Å². The molecule has 1 aliphatic heterocycles. The second-order valence-corrected chi connectivity index (χ2v) is 6.49. The van der Waals surface area contributed by atoms with Gasteiger partial charge in [0, 0.05) is 24.3 Å². The Bertz CT molecular complexity index is 1010. The van der Waals surface area contributed by atoms with Gasteiger partial charge in [-0.1, -0.05) is 35.9 Å². The van der Waals surface area contributed by atoms with Gasteiger partial charge >= 0.3 is 0 Å². The van der Waals surface area contributed by atoms with Gasteiger partial charge in [0.2, 0.25) is 12.7 Å². The number of aromatic nitrogens is 2. The highest BCUT2D eigenvalue weighted by molar-refractivity contribution is 6.31. The van der Waals surface area contributed by atoms with Crippen LogP contribution < -0.4 is 20.1 Å². The lowest BCUT2D eigenvalue weighted by Crippen LogP contribution is -2.24. The predicted molar refractivity (Wildman–Crippen MR) is 105 cm³/mol. The van der Waals surface area contributed by atoms with Crippen LogP contribution in [0.2, 0.25) is 5.02 Å². The zero-order valence-corrected chi connectivity index (χ0v) is 15.6. The average Bonchev–Trinajstić information content (AvgIpc) is 3.19. The molecule has 3 aromatic rings. The minimum absolute atomic E-state index is 0.237. The summed E-state index contributed by atoms with van der Waals surface area (Å²) in [4.78, 5) is 20.8. The van der Waals surface area contributed by atoms with Crippen LogP contribution >= 0.6 is 11.6 Å². The molecule has 0 aliphatic carbocycles. The molecule has 0 spiro atoms. The number of nitrogens with zero attached hydrogens (tertiary/aromatic N) is 2. The summed E-state index contributed by atoms with van der Waals surface area (Å²) in [5.74, 6) is 1.52. The third-order valence-corrected chi connectivity index (χ3v) is 4.54. The maximum Gasteiger partial charge on any atom is 0.270 e. The van der Waals surface area contributed by atoms with Gasteiger partial charge in [0.25, 0.3) is 5.91 Å². The zero-order chi connectivity index (χ0) is 19.3. The molecule has 1 amide bonds. The van der Waals surface area contributed by atoms with Gasteiger partial charge in [-0.15, -0.1) is 0 Å². The monoisotopic (exact) mass is 396 g/mol. The molecule has 2 N–H and O–H groups in total. The van der Waals surface area contributed by atoms with Crippen LogP contribution in [-0.2, 0) is 13.1 Å². The molecule has 0 bridgehead atoms. The lowest BCUT2D eigenvalue weighted by molar-refractivity contribution is 0.0946. The van der Waals surface area contributed by atoms with E-state index in [1.807, 2.05) is 36.4 Å². The van der Waals surface area contributed by atoms with Crippen LogP contribution in [0.3, 0.4) is 0 Å². The van der Waals surface area contributed by atoms with Crippen molar-refractivity contribution in [2.24, 2.45) is 0 Å². The van der Waals surface area contributed by atoms with Crippen LogP contribution in [0.4, 0.5) is 5.95 Å². The second kappa shape index (κ2) is 8.14. The molecule has 0 fully saturated rings. The lowest BCUT2D eigenvalue weighted by Gasteiger charge is -2.09. The summed E-state index contributed by atoms with van der Waals surface area (Å²) < 4.78 is 10.7. The molecule has 8 heteroatoms. The van der Waals surface area contributed by atoms with Crippen molar-refractivity contribution in [1.82, 2.24) is 15.3 Å². The summed E-state index contributed by atoms with van der Waals surface area (Å²) in [6.07, 6.45) is 1.54. The molecule has 2 aromatic carbocycles. The van der Waals surface area contributed by atoms with Crippen molar-refractivity contribution >= 4 is 23.5 Å². The van der Waals surface area contributed by atoms with Crippen LogP contribution in [0.1, 0.15) is 21.6 Å². The molecule has 2 heterocycles. The number of fused-ring (bicyclic) bond motifs is 1. The second-order valence-electron chi connectivity index (χ2n) is 6.08. The Morgan fingerprint density at radius 1 is 1.07 bits per heavy atom. The van der Waals surface area contributed by atoms with E-state index in [0.29, 0.717) is 29.8 Å². The molecular weight excluding hydrogens is 380 g/mol. The van der Waals surface area contributed by atoms with Gasteiger partial charge in [-0.3, -0.25) is 4.79 Å². The van der Waals surface area contributed by atoms with Gasteiger partial charge in [0.15, 0.2) is 11.5 Å². The number of nitrogens with one attached hydrogen (secondary N) is 2. The van der Waals surface area contributed by atoms with Crippen LogP contribution in [0.15, 0.2) is 54.7 Å². The Morgan fingerprint density at radius 3 is 2.82 bits per heavy atom. The fourth-order valence-corrected chi connectivity index (χ4v) is 2.91. The summed E-state index contributed by atoms with van der Waals surface area (Å²) >= 11 is 6.11. The molecule has 0 atom stereocenters. The highest BCUT2D eigenvalue weighted by atomic mass is 35.5. The first-order valence-corrected chi connectivity index (χ1v) is 9.04. The van der Waals surface area contributed by atoms with Gasteiger partial charge in [-0.2, -0.15) is 0 Å². The lowest BCUT2D eigenvalue weighted by atomic mass is 10.2. The van der Waals surface area contributed by atoms with E-state index in [4.69, 9.17) is 21.1 Å². The van der Waals surface area contributed by atoms with Crippen molar-refractivity contribution in [3.63, 3.8) is 0 Å². The summed E-state index contributed by atoms with van der Waals surface area (Å²) in [7, 11) is 0. The standard InChI is InChI=1S/C20H17ClN4O3/c21-15-4-2-1-3-14(15)11-23-19(26)16-7-8-22-20(25-16)24-10-13-5-6-17-18(9-13)28-12-27-17/h1-9H,10-12H2,(H,23,26)(H,22,24,25). The Balaban J connectivity index is 1.37. The highest BCUT2D eigenvalue weighted by Gasteiger charge is 2.13. The van der Waals surface area contributed by atoms with Crippen molar-refractivity contribution in [2.75, 3.05) is 12.1 Å². The van der Waals surface area contributed by atoms with Crippen LogP contribution in [-0.4, -0.2) is 22.7 Å². The molecule has 0 saturated carbocycles. The Labute approximate surface area is 166 Å².